The number of nitrogens with one attached hydrogen (secondary N) is 1. The van der Waals surface area contributed by atoms with Crippen molar-refractivity contribution in [3.8, 4) is 0 Å². The van der Waals surface area contributed by atoms with Crippen LogP contribution < -0.4 is 5.32 Å². The predicted octanol–water partition coefficient (Wildman–Crippen LogP) is 1.64. The highest BCUT2D eigenvalue weighted by Crippen LogP contribution is 2.25. The van der Waals surface area contributed by atoms with Gasteiger partial charge in [0.1, 0.15) is 11.6 Å². The maximum Gasteiger partial charge on any atom is 0.257 e. The van der Waals surface area contributed by atoms with Gasteiger partial charge in [-0.05, 0) is 31.7 Å². The predicted molar refractivity (Wildman–Crippen MR) is 74.1 cm³/mol. The second-order valence-electron chi connectivity index (χ2n) is 4.96. The zero-order valence-corrected chi connectivity index (χ0v) is 11.6. The van der Waals surface area contributed by atoms with Gasteiger partial charge >= 0.3 is 0 Å². The molecule has 2 heterocycles. The smallest absolute Gasteiger partial charge is 0.257 e. The number of amides is 1. The first kappa shape index (κ1) is 14.7. The molecule has 2 rings (SSSR count). The van der Waals surface area contributed by atoms with Crippen LogP contribution in [0.5, 0.6) is 0 Å². The average Bonchev–Trinajstić information content (AvgIpc) is 2.92. The highest BCUT2D eigenvalue weighted by Gasteiger charge is 2.30. The van der Waals surface area contributed by atoms with Crippen molar-refractivity contribution in [3.63, 3.8) is 0 Å². The number of anilines is 1. The highest BCUT2D eigenvalue weighted by molar-refractivity contribution is 5.99. The number of aromatic nitrogens is 1. The zero-order valence-electron chi connectivity index (χ0n) is 11.6. The Hall–Kier alpha value is -1.69. The fourth-order valence-electron chi connectivity index (χ4n) is 2.69. The summed E-state index contributed by atoms with van der Waals surface area (Å²) in [6.45, 7) is 0.802. The highest BCUT2D eigenvalue weighted by atomic mass is 19.1. The number of carbonyl (C=O) groups is 1. The van der Waals surface area contributed by atoms with Crippen molar-refractivity contribution >= 4 is 11.7 Å². The minimum Gasteiger partial charge on any atom is -0.396 e. The molecule has 0 aromatic carbocycles. The van der Waals surface area contributed by atoms with E-state index in [0.717, 1.165) is 25.5 Å². The van der Waals surface area contributed by atoms with Gasteiger partial charge in [0.2, 0.25) is 0 Å². The number of pyridine rings is 1. The van der Waals surface area contributed by atoms with Crippen molar-refractivity contribution < 1.29 is 14.3 Å². The van der Waals surface area contributed by atoms with E-state index in [0.29, 0.717) is 18.8 Å². The molecule has 2 N–H and O–H groups in total. The number of likely N-dealkylation sites (tertiary alicyclic amines) is 1. The zero-order chi connectivity index (χ0) is 14.5. The van der Waals surface area contributed by atoms with Gasteiger partial charge in [-0.25, -0.2) is 9.37 Å². The van der Waals surface area contributed by atoms with Crippen LogP contribution >= 0.6 is 0 Å². The van der Waals surface area contributed by atoms with E-state index in [2.05, 4.69) is 10.3 Å². The molecule has 0 bridgehead atoms. The molecule has 110 valence electrons. The van der Waals surface area contributed by atoms with Crippen LogP contribution in [0.3, 0.4) is 0 Å². The Kier molecular flexibility index (Phi) is 4.89. The Bertz CT molecular complexity index is 481. The first-order valence-corrected chi connectivity index (χ1v) is 6.92. The molecule has 6 heteroatoms. The van der Waals surface area contributed by atoms with Crippen molar-refractivity contribution in [1.82, 2.24) is 9.88 Å². The lowest BCUT2D eigenvalue weighted by Gasteiger charge is -2.25. The number of rotatable bonds is 5. The van der Waals surface area contributed by atoms with Gasteiger partial charge in [-0.1, -0.05) is 0 Å². The van der Waals surface area contributed by atoms with Gasteiger partial charge in [0, 0.05) is 26.2 Å². The Labute approximate surface area is 117 Å². The Morgan fingerprint density at radius 1 is 1.65 bits per heavy atom. The lowest BCUT2D eigenvalue weighted by Crippen LogP contribution is -2.36. The summed E-state index contributed by atoms with van der Waals surface area (Å²) in [5, 5.41) is 11.7. The number of halogens is 1. The molecule has 0 saturated carbocycles. The summed E-state index contributed by atoms with van der Waals surface area (Å²) >= 11 is 0. The second-order valence-corrected chi connectivity index (χ2v) is 4.96. The van der Waals surface area contributed by atoms with E-state index in [1.165, 1.54) is 6.07 Å². The number of nitrogens with zero attached hydrogens (tertiary/aromatic N) is 2. The fraction of sp³-hybridized carbons (Fsp3) is 0.571. The van der Waals surface area contributed by atoms with Crippen LogP contribution in [-0.2, 0) is 0 Å². The van der Waals surface area contributed by atoms with E-state index >= 15 is 0 Å². The molecule has 1 unspecified atom stereocenters. The topological polar surface area (TPSA) is 65.5 Å². The van der Waals surface area contributed by atoms with Crippen LogP contribution in [-0.4, -0.2) is 47.1 Å². The van der Waals surface area contributed by atoms with Gasteiger partial charge in [0.05, 0.1) is 11.8 Å². The first-order valence-electron chi connectivity index (χ1n) is 6.92. The normalized spacial score (nSPS) is 18.4. The van der Waals surface area contributed by atoms with Crippen molar-refractivity contribution in [1.29, 1.82) is 0 Å². The summed E-state index contributed by atoms with van der Waals surface area (Å²) in [7, 11) is 1.66. The van der Waals surface area contributed by atoms with Crippen molar-refractivity contribution in [2.24, 2.45) is 0 Å². The molecule has 1 aliphatic rings. The molecule has 0 spiro atoms. The molecule has 0 aliphatic carbocycles. The maximum atomic E-state index is 13.3. The molecule has 1 aromatic rings. The van der Waals surface area contributed by atoms with Crippen molar-refractivity contribution in [2.75, 3.05) is 25.5 Å². The average molecular weight is 281 g/mol. The Balaban J connectivity index is 2.19. The summed E-state index contributed by atoms with van der Waals surface area (Å²) in [6, 6.07) is 1.35. The third-order valence-corrected chi connectivity index (χ3v) is 3.65. The molecular formula is C14H20FN3O2. The molecule has 20 heavy (non-hydrogen) atoms. The fourth-order valence-corrected chi connectivity index (χ4v) is 2.69. The number of hydrogen-bond donors (Lipinski definition) is 2. The summed E-state index contributed by atoms with van der Waals surface area (Å²) in [6.07, 6.45) is 4.42. The van der Waals surface area contributed by atoms with E-state index < -0.39 is 5.82 Å². The van der Waals surface area contributed by atoms with Crippen LogP contribution in [0.25, 0.3) is 0 Å². The van der Waals surface area contributed by atoms with E-state index in [9.17, 15) is 9.18 Å². The summed E-state index contributed by atoms with van der Waals surface area (Å²) in [5.41, 5.74) is 0.267. The Morgan fingerprint density at radius 3 is 3.15 bits per heavy atom. The van der Waals surface area contributed by atoms with Gasteiger partial charge in [-0.15, -0.1) is 0 Å². The number of carbonyl (C=O) groups excluding carboxylic acids is 1. The van der Waals surface area contributed by atoms with E-state index in [1.54, 1.807) is 11.9 Å². The van der Waals surface area contributed by atoms with E-state index in [4.69, 9.17) is 5.11 Å². The Morgan fingerprint density at radius 2 is 2.45 bits per heavy atom. The lowest BCUT2D eigenvalue weighted by molar-refractivity contribution is 0.0724. The minimum atomic E-state index is -0.515. The van der Waals surface area contributed by atoms with Crippen LogP contribution in [0.2, 0.25) is 0 Å². The van der Waals surface area contributed by atoms with Gasteiger partial charge in [0.25, 0.3) is 5.91 Å². The summed E-state index contributed by atoms with van der Waals surface area (Å²) in [4.78, 5) is 18.2. The molecule has 1 aliphatic heterocycles. The van der Waals surface area contributed by atoms with E-state index in [1.807, 2.05) is 0 Å². The van der Waals surface area contributed by atoms with Crippen LogP contribution in [0, 0.1) is 5.82 Å². The molecule has 0 radical (unpaired) electrons. The quantitative estimate of drug-likeness (QED) is 0.861. The first-order chi connectivity index (χ1) is 9.67. The minimum absolute atomic E-state index is 0.127. The van der Waals surface area contributed by atoms with Crippen molar-refractivity contribution in [2.45, 2.75) is 31.7 Å². The molecule has 1 fully saturated rings. The van der Waals surface area contributed by atoms with Gasteiger partial charge in [-0.3, -0.25) is 4.79 Å². The van der Waals surface area contributed by atoms with Crippen molar-refractivity contribution in [3.05, 3.63) is 23.6 Å². The third kappa shape index (κ3) is 3.07. The molecule has 1 amide bonds. The lowest BCUT2D eigenvalue weighted by atomic mass is 10.1. The van der Waals surface area contributed by atoms with Gasteiger partial charge in [0.15, 0.2) is 0 Å². The van der Waals surface area contributed by atoms with Gasteiger partial charge in [-0.2, -0.15) is 0 Å². The standard InChI is InChI=1S/C14H20FN3O2/c1-16-13-12(8-10(15)9-17-13)14(20)18-6-2-4-11(18)5-3-7-19/h8-9,11,19H,2-7H2,1H3,(H,16,17). The SMILES string of the molecule is CNc1ncc(F)cc1C(=O)N1CCCC1CCCO. The number of aliphatic hydroxyl groups is 1. The molecule has 5 nitrogen and oxygen atoms in total. The van der Waals surface area contributed by atoms with Crippen LogP contribution in [0.4, 0.5) is 10.2 Å². The summed E-state index contributed by atoms with van der Waals surface area (Å²) < 4.78 is 13.3. The largest absolute Gasteiger partial charge is 0.396 e. The number of hydrogen-bond acceptors (Lipinski definition) is 4. The molecule has 1 saturated heterocycles. The number of aliphatic hydroxyl groups excluding tert-OH is 1. The van der Waals surface area contributed by atoms with Crippen LogP contribution in [0.15, 0.2) is 12.3 Å². The molecule has 1 aromatic heterocycles. The summed E-state index contributed by atoms with van der Waals surface area (Å²) in [5.74, 6) is -0.315. The monoisotopic (exact) mass is 281 g/mol. The second kappa shape index (κ2) is 6.65. The third-order valence-electron chi connectivity index (χ3n) is 3.65. The van der Waals surface area contributed by atoms with E-state index in [-0.39, 0.29) is 24.1 Å². The molecule has 1 atom stereocenters. The van der Waals surface area contributed by atoms with Gasteiger partial charge < -0.3 is 15.3 Å². The van der Waals surface area contributed by atoms with Crippen LogP contribution in [0.1, 0.15) is 36.0 Å². The molecular weight excluding hydrogens is 261 g/mol. The maximum absolute atomic E-state index is 13.3.